The number of rotatable bonds is 11. The molecule has 0 radical (unpaired) electrons. The molecule has 0 unspecified atom stereocenters. The highest BCUT2D eigenvalue weighted by Crippen LogP contribution is 2.13. The van der Waals surface area contributed by atoms with E-state index in [0.717, 1.165) is 49.2 Å². The zero-order valence-electron chi connectivity index (χ0n) is 17.8. The highest BCUT2D eigenvalue weighted by Gasteiger charge is 2.05. The van der Waals surface area contributed by atoms with Gasteiger partial charge in [-0.15, -0.1) is 34.2 Å². The lowest BCUT2D eigenvalue weighted by Crippen LogP contribution is -2.39. The average molecular weight is 516 g/mol. The molecule has 1 aromatic heterocycles. The number of guanidine groups is 1. The number of benzene rings is 1. The van der Waals surface area contributed by atoms with Crippen LogP contribution in [0.1, 0.15) is 30.1 Å². The molecule has 2 aromatic rings. The number of halogens is 1. The maximum atomic E-state index is 5.19. The van der Waals surface area contributed by atoms with E-state index in [4.69, 9.17) is 9.47 Å². The molecule has 2 rings (SSSR count). The number of nitrogens with one attached hydrogen (secondary N) is 2. The summed E-state index contributed by atoms with van der Waals surface area (Å²) in [5, 5.41) is 14.9. The molecule has 1 heterocycles. The lowest BCUT2D eigenvalue weighted by molar-refractivity contribution is 0.203. The van der Waals surface area contributed by atoms with Crippen molar-refractivity contribution < 1.29 is 9.47 Å². The van der Waals surface area contributed by atoms with Crippen LogP contribution in [0.5, 0.6) is 5.75 Å². The quantitative estimate of drug-likeness (QED) is 0.207. The largest absolute Gasteiger partial charge is 0.497 e. The SMILES string of the molecule is COCCNC(=NCc1nnc(C)n1C)NCCCCc1ccc(OC)cc1.I. The van der Waals surface area contributed by atoms with E-state index >= 15 is 0 Å². The molecule has 0 bridgehead atoms. The van der Waals surface area contributed by atoms with E-state index in [9.17, 15) is 0 Å². The second kappa shape index (κ2) is 14.2. The van der Waals surface area contributed by atoms with Crippen LogP contribution in [0, 0.1) is 6.92 Å². The van der Waals surface area contributed by atoms with Gasteiger partial charge in [-0.25, -0.2) is 4.99 Å². The third kappa shape index (κ3) is 8.99. The predicted molar refractivity (Wildman–Crippen MR) is 126 cm³/mol. The van der Waals surface area contributed by atoms with E-state index in [2.05, 4.69) is 38.0 Å². The van der Waals surface area contributed by atoms with Crippen molar-refractivity contribution in [1.82, 2.24) is 25.4 Å². The Morgan fingerprint density at radius 2 is 1.79 bits per heavy atom. The summed E-state index contributed by atoms with van der Waals surface area (Å²) in [6, 6.07) is 8.25. The minimum atomic E-state index is 0. The summed E-state index contributed by atoms with van der Waals surface area (Å²) in [6.45, 7) is 4.59. The van der Waals surface area contributed by atoms with Crippen molar-refractivity contribution in [1.29, 1.82) is 0 Å². The average Bonchev–Trinajstić information content (AvgIpc) is 3.04. The fourth-order valence-corrected chi connectivity index (χ4v) is 2.64. The van der Waals surface area contributed by atoms with Crippen molar-refractivity contribution in [3.63, 3.8) is 0 Å². The Morgan fingerprint density at radius 1 is 1.07 bits per heavy atom. The molecular weight excluding hydrogens is 483 g/mol. The third-order valence-electron chi connectivity index (χ3n) is 4.50. The molecule has 0 saturated carbocycles. The van der Waals surface area contributed by atoms with Gasteiger partial charge in [0.2, 0.25) is 0 Å². The topological polar surface area (TPSA) is 85.6 Å². The molecule has 0 aliphatic heterocycles. The summed E-state index contributed by atoms with van der Waals surface area (Å²) in [5.41, 5.74) is 1.32. The number of hydrogen-bond acceptors (Lipinski definition) is 5. The molecule has 9 heteroatoms. The Bertz CT molecular complexity index is 733. The van der Waals surface area contributed by atoms with Crippen LogP contribution in [0.3, 0.4) is 0 Å². The first kappa shape index (κ1) is 25.2. The number of nitrogens with zero attached hydrogens (tertiary/aromatic N) is 4. The van der Waals surface area contributed by atoms with Gasteiger partial charge in [0.15, 0.2) is 11.8 Å². The number of aromatic nitrogens is 3. The van der Waals surface area contributed by atoms with Gasteiger partial charge in [-0.1, -0.05) is 12.1 Å². The molecule has 1 aromatic carbocycles. The van der Waals surface area contributed by atoms with E-state index in [-0.39, 0.29) is 24.0 Å². The Hall–Kier alpha value is -1.88. The highest BCUT2D eigenvalue weighted by molar-refractivity contribution is 14.0. The summed E-state index contributed by atoms with van der Waals surface area (Å²) in [5.74, 6) is 3.38. The molecule has 0 aliphatic rings. The fraction of sp³-hybridized carbons (Fsp3) is 0.550. The van der Waals surface area contributed by atoms with Crippen LogP contribution in [0.15, 0.2) is 29.3 Å². The van der Waals surface area contributed by atoms with Crippen LogP contribution in [-0.2, 0) is 24.8 Å². The van der Waals surface area contributed by atoms with Gasteiger partial charge in [-0.3, -0.25) is 0 Å². The highest BCUT2D eigenvalue weighted by atomic mass is 127. The summed E-state index contributed by atoms with van der Waals surface area (Å²) < 4.78 is 12.2. The monoisotopic (exact) mass is 516 g/mol. The molecule has 2 N–H and O–H groups in total. The standard InChI is InChI=1S/C20H32N6O2.HI/c1-16-24-25-19(26(16)2)15-23-20(22-13-14-27-3)21-12-6-5-7-17-8-10-18(28-4)11-9-17;/h8-11H,5-7,12-15H2,1-4H3,(H2,21,22,23);1H. The van der Waals surface area contributed by atoms with Crippen LogP contribution in [0.4, 0.5) is 0 Å². The van der Waals surface area contributed by atoms with Gasteiger partial charge in [0.05, 0.1) is 13.7 Å². The smallest absolute Gasteiger partial charge is 0.191 e. The lowest BCUT2D eigenvalue weighted by atomic mass is 10.1. The van der Waals surface area contributed by atoms with E-state index in [1.165, 1.54) is 5.56 Å². The van der Waals surface area contributed by atoms with Crippen molar-refractivity contribution in [3.05, 3.63) is 41.5 Å². The van der Waals surface area contributed by atoms with Crippen LogP contribution in [-0.4, -0.2) is 54.6 Å². The number of aryl methyl sites for hydroxylation is 2. The van der Waals surface area contributed by atoms with E-state index in [1.807, 2.05) is 30.7 Å². The molecule has 0 saturated heterocycles. The van der Waals surface area contributed by atoms with E-state index in [1.54, 1.807) is 14.2 Å². The van der Waals surface area contributed by atoms with Crippen molar-refractivity contribution in [3.8, 4) is 5.75 Å². The van der Waals surface area contributed by atoms with Crippen molar-refractivity contribution in [2.75, 3.05) is 33.9 Å². The summed E-state index contributed by atoms with van der Waals surface area (Å²) >= 11 is 0. The Labute approximate surface area is 190 Å². The van der Waals surface area contributed by atoms with E-state index in [0.29, 0.717) is 19.7 Å². The van der Waals surface area contributed by atoms with Gasteiger partial charge in [0, 0.05) is 27.2 Å². The second-order valence-electron chi connectivity index (χ2n) is 6.54. The van der Waals surface area contributed by atoms with Gasteiger partial charge in [0.25, 0.3) is 0 Å². The van der Waals surface area contributed by atoms with Crippen LogP contribution in [0.2, 0.25) is 0 Å². The van der Waals surface area contributed by atoms with Crippen LogP contribution < -0.4 is 15.4 Å². The summed E-state index contributed by atoms with van der Waals surface area (Å²) in [4.78, 5) is 4.62. The van der Waals surface area contributed by atoms with Crippen molar-refractivity contribution in [2.24, 2.45) is 12.0 Å². The second-order valence-corrected chi connectivity index (χ2v) is 6.54. The molecule has 162 valence electrons. The lowest BCUT2D eigenvalue weighted by Gasteiger charge is -2.12. The van der Waals surface area contributed by atoms with Gasteiger partial charge >= 0.3 is 0 Å². The Kier molecular flexibility index (Phi) is 12.3. The van der Waals surface area contributed by atoms with Crippen molar-refractivity contribution in [2.45, 2.75) is 32.7 Å². The minimum absolute atomic E-state index is 0. The first-order chi connectivity index (χ1) is 13.6. The van der Waals surface area contributed by atoms with Gasteiger partial charge in [0.1, 0.15) is 18.1 Å². The van der Waals surface area contributed by atoms with Crippen molar-refractivity contribution >= 4 is 29.9 Å². The fourth-order valence-electron chi connectivity index (χ4n) is 2.64. The number of aliphatic imine (C=N–C) groups is 1. The predicted octanol–water partition coefficient (Wildman–Crippen LogP) is 2.45. The molecule has 0 amide bonds. The number of unbranched alkanes of at least 4 members (excludes halogenated alkanes) is 1. The molecular formula is C20H33IN6O2. The molecule has 0 fully saturated rings. The molecule has 0 atom stereocenters. The summed E-state index contributed by atoms with van der Waals surface area (Å²) in [6.07, 6.45) is 3.21. The van der Waals surface area contributed by atoms with Gasteiger partial charge in [-0.2, -0.15) is 0 Å². The maximum Gasteiger partial charge on any atom is 0.191 e. The first-order valence-electron chi connectivity index (χ1n) is 9.63. The molecule has 0 aliphatic carbocycles. The minimum Gasteiger partial charge on any atom is -0.497 e. The summed E-state index contributed by atoms with van der Waals surface area (Å²) in [7, 11) is 5.32. The number of ether oxygens (including phenoxy) is 2. The Balaban J connectivity index is 0.00000420. The normalized spacial score (nSPS) is 11.1. The zero-order valence-corrected chi connectivity index (χ0v) is 20.1. The van der Waals surface area contributed by atoms with Gasteiger partial charge in [-0.05, 0) is 43.9 Å². The van der Waals surface area contributed by atoms with Gasteiger partial charge < -0.3 is 24.7 Å². The molecule has 0 spiro atoms. The first-order valence-corrected chi connectivity index (χ1v) is 9.63. The van der Waals surface area contributed by atoms with Crippen LogP contribution in [0.25, 0.3) is 0 Å². The van der Waals surface area contributed by atoms with E-state index < -0.39 is 0 Å². The Morgan fingerprint density at radius 3 is 2.41 bits per heavy atom. The molecule has 8 nitrogen and oxygen atoms in total. The molecule has 29 heavy (non-hydrogen) atoms. The van der Waals surface area contributed by atoms with Crippen LogP contribution >= 0.6 is 24.0 Å². The number of methoxy groups -OCH3 is 2. The number of hydrogen-bond donors (Lipinski definition) is 2. The third-order valence-corrected chi connectivity index (χ3v) is 4.50. The maximum absolute atomic E-state index is 5.19. The zero-order chi connectivity index (χ0) is 20.2.